The standard InChI is InChI=1S/C14H20N2O3/c1-14(2,3)19-13(18)16-12-10-7-9(15)5-4-8(10)6-11(12)17/h4-5,7,11-12,17H,6,15H2,1-3H3,(H,16,18). The third-order valence-corrected chi connectivity index (χ3v) is 2.99. The molecule has 0 heterocycles. The molecular formula is C14H20N2O3. The molecule has 4 N–H and O–H groups in total. The van der Waals surface area contributed by atoms with Gasteiger partial charge in [-0.15, -0.1) is 0 Å². The number of amides is 1. The number of alkyl carbamates (subject to hydrolysis) is 1. The van der Waals surface area contributed by atoms with Gasteiger partial charge < -0.3 is 20.9 Å². The van der Waals surface area contributed by atoms with Crippen LogP contribution in [0, 0.1) is 0 Å². The molecule has 2 unspecified atom stereocenters. The van der Waals surface area contributed by atoms with E-state index in [0.29, 0.717) is 12.1 Å². The number of aliphatic hydroxyl groups is 1. The lowest BCUT2D eigenvalue weighted by atomic mass is 10.1. The molecule has 1 aromatic rings. The zero-order valence-corrected chi connectivity index (χ0v) is 11.4. The fraction of sp³-hybridized carbons (Fsp3) is 0.500. The molecular weight excluding hydrogens is 244 g/mol. The molecule has 19 heavy (non-hydrogen) atoms. The predicted molar refractivity (Wildman–Crippen MR) is 72.7 cm³/mol. The van der Waals surface area contributed by atoms with E-state index in [0.717, 1.165) is 11.1 Å². The van der Waals surface area contributed by atoms with Crippen LogP contribution >= 0.6 is 0 Å². The number of nitrogens with one attached hydrogen (secondary N) is 1. The Bertz CT molecular complexity index is 494. The topological polar surface area (TPSA) is 84.6 Å². The summed E-state index contributed by atoms with van der Waals surface area (Å²) in [6.07, 6.45) is -0.674. The summed E-state index contributed by atoms with van der Waals surface area (Å²) in [6, 6.07) is 4.99. The smallest absolute Gasteiger partial charge is 0.408 e. The van der Waals surface area contributed by atoms with Crippen molar-refractivity contribution < 1.29 is 14.6 Å². The number of carbonyl (C=O) groups is 1. The van der Waals surface area contributed by atoms with Crippen LogP contribution in [0.15, 0.2) is 18.2 Å². The normalized spacial score (nSPS) is 21.9. The molecule has 2 atom stereocenters. The SMILES string of the molecule is CC(C)(C)OC(=O)NC1c2cc(N)ccc2CC1O. The van der Waals surface area contributed by atoms with Gasteiger partial charge in [-0.1, -0.05) is 6.07 Å². The Morgan fingerprint density at radius 1 is 1.47 bits per heavy atom. The van der Waals surface area contributed by atoms with Gasteiger partial charge in [0.25, 0.3) is 0 Å². The van der Waals surface area contributed by atoms with Gasteiger partial charge in [-0.2, -0.15) is 0 Å². The van der Waals surface area contributed by atoms with Gasteiger partial charge in [-0.05, 0) is 44.0 Å². The number of hydrogen-bond donors (Lipinski definition) is 3. The quantitative estimate of drug-likeness (QED) is 0.675. The Kier molecular flexibility index (Phi) is 3.41. The van der Waals surface area contributed by atoms with Gasteiger partial charge in [0.1, 0.15) is 5.60 Å². The van der Waals surface area contributed by atoms with Gasteiger partial charge in [0.15, 0.2) is 0 Å². The van der Waals surface area contributed by atoms with E-state index in [4.69, 9.17) is 10.5 Å². The number of hydrogen-bond acceptors (Lipinski definition) is 4. The number of nitrogen functional groups attached to an aromatic ring is 1. The van der Waals surface area contributed by atoms with E-state index in [1.807, 2.05) is 6.07 Å². The van der Waals surface area contributed by atoms with Crippen molar-refractivity contribution >= 4 is 11.8 Å². The summed E-state index contributed by atoms with van der Waals surface area (Å²) in [6.45, 7) is 5.39. The van der Waals surface area contributed by atoms with Gasteiger partial charge in [0, 0.05) is 12.1 Å². The Balaban J connectivity index is 2.14. The Hall–Kier alpha value is -1.75. The maximum Gasteiger partial charge on any atom is 0.408 e. The van der Waals surface area contributed by atoms with Crippen molar-refractivity contribution in [3.63, 3.8) is 0 Å². The number of benzene rings is 1. The molecule has 0 bridgehead atoms. The van der Waals surface area contributed by atoms with Crippen molar-refractivity contribution in [1.82, 2.24) is 5.32 Å². The summed E-state index contributed by atoms with van der Waals surface area (Å²) < 4.78 is 5.20. The zero-order chi connectivity index (χ0) is 14.2. The van der Waals surface area contributed by atoms with Gasteiger partial charge in [-0.3, -0.25) is 0 Å². The van der Waals surface area contributed by atoms with Gasteiger partial charge in [-0.25, -0.2) is 4.79 Å². The Labute approximate surface area is 112 Å². The van der Waals surface area contributed by atoms with Gasteiger partial charge in [0.05, 0.1) is 12.1 Å². The molecule has 1 amide bonds. The highest BCUT2D eigenvalue weighted by Crippen LogP contribution is 2.33. The first kappa shape index (κ1) is 13.7. The summed E-state index contributed by atoms with van der Waals surface area (Å²) in [5.41, 5.74) is 7.66. The predicted octanol–water partition coefficient (Wildman–Crippen LogP) is 1.75. The minimum Gasteiger partial charge on any atom is -0.444 e. The molecule has 0 aliphatic heterocycles. The van der Waals surface area contributed by atoms with Crippen LogP contribution in [0.2, 0.25) is 0 Å². The summed E-state index contributed by atoms with van der Waals surface area (Å²) >= 11 is 0. The minimum absolute atomic E-state index is 0.464. The number of fused-ring (bicyclic) bond motifs is 1. The summed E-state index contributed by atoms with van der Waals surface area (Å²) in [4.78, 5) is 11.8. The first-order chi connectivity index (χ1) is 8.76. The largest absolute Gasteiger partial charge is 0.444 e. The summed E-state index contributed by atoms with van der Waals surface area (Å²) in [7, 11) is 0. The molecule has 1 aliphatic rings. The third kappa shape index (κ3) is 3.17. The van der Waals surface area contributed by atoms with E-state index in [2.05, 4.69) is 5.32 Å². The van der Waals surface area contributed by atoms with Crippen LogP contribution in [0.5, 0.6) is 0 Å². The molecule has 0 aromatic heterocycles. The van der Waals surface area contributed by atoms with Crippen molar-refractivity contribution in [2.75, 3.05) is 5.73 Å². The number of nitrogens with two attached hydrogens (primary N) is 1. The van der Waals surface area contributed by atoms with Crippen LogP contribution in [0.1, 0.15) is 37.9 Å². The molecule has 0 spiro atoms. The van der Waals surface area contributed by atoms with Crippen LogP contribution in [-0.4, -0.2) is 22.9 Å². The van der Waals surface area contributed by atoms with Crippen LogP contribution in [0.4, 0.5) is 10.5 Å². The molecule has 0 fully saturated rings. The molecule has 0 saturated carbocycles. The second kappa shape index (κ2) is 4.74. The molecule has 5 nitrogen and oxygen atoms in total. The highest BCUT2D eigenvalue weighted by Gasteiger charge is 2.33. The lowest BCUT2D eigenvalue weighted by molar-refractivity contribution is 0.0438. The van der Waals surface area contributed by atoms with E-state index in [1.54, 1.807) is 32.9 Å². The lowest BCUT2D eigenvalue weighted by Gasteiger charge is -2.23. The monoisotopic (exact) mass is 264 g/mol. The zero-order valence-electron chi connectivity index (χ0n) is 11.4. The molecule has 0 saturated heterocycles. The fourth-order valence-electron chi connectivity index (χ4n) is 2.25. The number of ether oxygens (including phenoxy) is 1. The van der Waals surface area contributed by atoms with Crippen molar-refractivity contribution in [2.24, 2.45) is 0 Å². The van der Waals surface area contributed by atoms with Crippen LogP contribution in [0.3, 0.4) is 0 Å². The highest BCUT2D eigenvalue weighted by atomic mass is 16.6. The molecule has 1 aromatic carbocycles. The molecule has 1 aliphatic carbocycles. The summed E-state index contributed by atoms with van der Waals surface area (Å²) in [5.74, 6) is 0. The second-order valence-electron chi connectivity index (χ2n) is 5.85. The van der Waals surface area contributed by atoms with E-state index in [1.165, 1.54) is 0 Å². The number of carbonyl (C=O) groups excluding carboxylic acids is 1. The van der Waals surface area contributed by atoms with E-state index in [-0.39, 0.29) is 0 Å². The first-order valence-corrected chi connectivity index (χ1v) is 6.32. The van der Waals surface area contributed by atoms with Crippen molar-refractivity contribution in [2.45, 2.75) is 44.9 Å². The lowest BCUT2D eigenvalue weighted by Crippen LogP contribution is -2.38. The van der Waals surface area contributed by atoms with E-state index in [9.17, 15) is 9.90 Å². The fourth-order valence-corrected chi connectivity index (χ4v) is 2.25. The number of rotatable bonds is 1. The average molecular weight is 264 g/mol. The molecule has 2 rings (SSSR count). The Morgan fingerprint density at radius 2 is 2.16 bits per heavy atom. The van der Waals surface area contributed by atoms with Crippen molar-refractivity contribution in [3.05, 3.63) is 29.3 Å². The van der Waals surface area contributed by atoms with Crippen LogP contribution in [-0.2, 0) is 11.2 Å². The first-order valence-electron chi connectivity index (χ1n) is 6.32. The molecule has 5 heteroatoms. The molecule has 104 valence electrons. The number of aliphatic hydroxyl groups excluding tert-OH is 1. The highest BCUT2D eigenvalue weighted by molar-refractivity contribution is 5.69. The average Bonchev–Trinajstić information content (AvgIpc) is 2.53. The van der Waals surface area contributed by atoms with Crippen LogP contribution < -0.4 is 11.1 Å². The molecule has 0 radical (unpaired) electrons. The van der Waals surface area contributed by atoms with Crippen molar-refractivity contribution in [3.8, 4) is 0 Å². The van der Waals surface area contributed by atoms with E-state index >= 15 is 0 Å². The van der Waals surface area contributed by atoms with Crippen molar-refractivity contribution in [1.29, 1.82) is 0 Å². The van der Waals surface area contributed by atoms with Gasteiger partial charge >= 0.3 is 6.09 Å². The summed E-state index contributed by atoms with van der Waals surface area (Å²) in [5, 5.41) is 12.7. The Morgan fingerprint density at radius 3 is 2.79 bits per heavy atom. The van der Waals surface area contributed by atoms with E-state index < -0.39 is 23.8 Å². The second-order valence-corrected chi connectivity index (χ2v) is 5.85. The third-order valence-electron chi connectivity index (χ3n) is 2.99. The van der Waals surface area contributed by atoms with Crippen LogP contribution in [0.25, 0.3) is 0 Å². The maximum absolute atomic E-state index is 11.8. The maximum atomic E-state index is 11.8. The number of anilines is 1. The minimum atomic E-state index is -0.649. The van der Waals surface area contributed by atoms with Gasteiger partial charge in [0.2, 0.25) is 0 Å².